The highest BCUT2D eigenvalue weighted by atomic mass is 16.5. The fraction of sp³-hybridized carbons (Fsp3) is 0.435. The molecule has 0 saturated carbocycles. The van der Waals surface area contributed by atoms with Crippen molar-refractivity contribution in [2.24, 2.45) is 5.92 Å². The van der Waals surface area contributed by atoms with Crippen molar-refractivity contribution in [2.75, 3.05) is 32.8 Å². The lowest BCUT2D eigenvalue weighted by Crippen LogP contribution is -2.51. The van der Waals surface area contributed by atoms with Crippen LogP contribution in [0.5, 0.6) is 0 Å². The lowest BCUT2D eigenvalue weighted by atomic mass is 10.0. The second-order valence-corrected chi connectivity index (χ2v) is 7.86. The molecule has 1 saturated heterocycles. The summed E-state index contributed by atoms with van der Waals surface area (Å²) in [6, 6.07) is 12.6. The van der Waals surface area contributed by atoms with E-state index in [-0.39, 0.29) is 5.91 Å². The SMILES string of the molecule is CC(C)C(CNC(=O)Cc1coc2ccc3ccccc3c12)N1CCOCC1. The van der Waals surface area contributed by atoms with E-state index >= 15 is 0 Å². The van der Waals surface area contributed by atoms with E-state index in [2.05, 4.69) is 42.3 Å². The molecule has 0 radical (unpaired) electrons. The number of carbonyl (C=O) groups excluding carboxylic acids is 1. The van der Waals surface area contributed by atoms with Gasteiger partial charge in [0, 0.05) is 36.6 Å². The van der Waals surface area contributed by atoms with E-state index in [1.165, 1.54) is 0 Å². The molecule has 0 bridgehead atoms. The molecule has 148 valence electrons. The normalized spacial score (nSPS) is 16.7. The van der Waals surface area contributed by atoms with Crippen molar-refractivity contribution in [1.29, 1.82) is 0 Å². The van der Waals surface area contributed by atoms with Gasteiger partial charge in [-0.2, -0.15) is 0 Å². The molecule has 0 aliphatic carbocycles. The van der Waals surface area contributed by atoms with E-state index in [1.807, 2.05) is 18.2 Å². The largest absolute Gasteiger partial charge is 0.464 e. The van der Waals surface area contributed by atoms with Crippen molar-refractivity contribution in [1.82, 2.24) is 10.2 Å². The van der Waals surface area contributed by atoms with Crippen LogP contribution in [0.15, 0.2) is 47.1 Å². The average molecular weight is 380 g/mol. The molecule has 1 unspecified atom stereocenters. The Morgan fingerprint density at radius 2 is 1.93 bits per heavy atom. The van der Waals surface area contributed by atoms with Gasteiger partial charge in [0.2, 0.25) is 5.91 Å². The van der Waals surface area contributed by atoms with Crippen LogP contribution in [0.2, 0.25) is 0 Å². The lowest BCUT2D eigenvalue weighted by Gasteiger charge is -2.36. The first-order chi connectivity index (χ1) is 13.6. The van der Waals surface area contributed by atoms with Crippen LogP contribution in [0.4, 0.5) is 0 Å². The maximum absolute atomic E-state index is 12.7. The molecule has 1 aromatic heterocycles. The molecule has 2 heterocycles. The maximum atomic E-state index is 12.7. The van der Waals surface area contributed by atoms with E-state index in [4.69, 9.17) is 9.15 Å². The minimum Gasteiger partial charge on any atom is -0.464 e. The second kappa shape index (κ2) is 8.33. The van der Waals surface area contributed by atoms with Gasteiger partial charge in [0.1, 0.15) is 5.58 Å². The molecular formula is C23H28N2O3. The molecule has 0 spiro atoms. The van der Waals surface area contributed by atoms with E-state index in [0.717, 1.165) is 53.6 Å². The molecule has 5 heteroatoms. The first kappa shape index (κ1) is 19.0. The van der Waals surface area contributed by atoms with Crippen LogP contribution in [0, 0.1) is 5.92 Å². The Bertz CT molecular complexity index is 957. The number of nitrogens with zero attached hydrogens (tertiary/aromatic N) is 1. The molecule has 1 atom stereocenters. The van der Waals surface area contributed by atoms with Gasteiger partial charge in [0.05, 0.1) is 25.9 Å². The fourth-order valence-corrected chi connectivity index (χ4v) is 4.15. The minimum absolute atomic E-state index is 0.0366. The van der Waals surface area contributed by atoms with Gasteiger partial charge in [0.15, 0.2) is 0 Å². The Balaban J connectivity index is 1.47. The van der Waals surface area contributed by atoms with Crippen molar-refractivity contribution in [3.05, 3.63) is 48.2 Å². The zero-order valence-corrected chi connectivity index (χ0v) is 16.6. The van der Waals surface area contributed by atoms with Crippen LogP contribution in [0.3, 0.4) is 0 Å². The van der Waals surface area contributed by atoms with E-state index in [1.54, 1.807) is 6.26 Å². The number of fused-ring (bicyclic) bond motifs is 3. The van der Waals surface area contributed by atoms with E-state index in [0.29, 0.717) is 24.9 Å². The van der Waals surface area contributed by atoms with Crippen molar-refractivity contribution in [3.8, 4) is 0 Å². The molecule has 28 heavy (non-hydrogen) atoms. The molecular weight excluding hydrogens is 352 g/mol. The summed E-state index contributed by atoms with van der Waals surface area (Å²) in [5, 5.41) is 6.48. The molecule has 1 fully saturated rings. The Kier molecular flexibility index (Phi) is 5.64. The van der Waals surface area contributed by atoms with Gasteiger partial charge in [-0.25, -0.2) is 0 Å². The minimum atomic E-state index is 0.0366. The summed E-state index contributed by atoms with van der Waals surface area (Å²) in [6.45, 7) is 8.47. The standard InChI is InChI=1S/C23H28N2O3/c1-16(2)20(25-9-11-27-12-10-25)14-24-22(26)13-18-15-28-21-8-7-17-5-3-4-6-19(17)23(18)21/h3-8,15-16,20H,9-14H2,1-2H3,(H,24,26). The van der Waals surface area contributed by atoms with Crippen LogP contribution in [0.25, 0.3) is 21.7 Å². The quantitative estimate of drug-likeness (QED) is 0.710. The van der Waals surface area contributed by atoms with Crippen LogP contribution >= 0.6 is 0 Å². The smallest absolute Gasteiger partial charge is 0.224 e. The highest BCUT2D eigenvalue weighted by molar-refractivity contribution is 6.08. The van der Waals surface area contributed by atoms with Gasteiger partial charge in [0.25, 0.3) is 0 Å². The molecule has 2 aromatic carbocycles. The summed E-state index contributed by atoms with van der Waals surface area (Å²) < 4.78 is 11.2. The van der Waals surface area contributed by atoms with E-state index < -0.39 is 0 Å². The number of rotatable bonds is 6. The summed E-state index contributed by atoms with van der Waals surface area (Å²) in [5.74, 6) is 0.506. The third-order valence-electron chi connectivity index (χ3n) is 5.68. The lowest BCUT2D eigenvalue weighted by molar-refractivity contribution is -0.120. The van der Waals surface area contributed by atoms with Gasteiger partial charge in [-0.1, -0.05) is 44.2 Å². The molecule has 5 nitrogen and oxygen atoms in total. The van der Waals surface area contributed by atoms with Crippen molar-refractivity contribution >= 4 is 27.6 Å². The summed E-state index contributed by atoms with van der Waals surface area (Å²) in [6.07, 6.45) is 2.05. The van der Waals surface area contributed by atoms with Crippen molar-refractivity contribution in [3.63, 3.8) is 0 Å². The van der Waals surface area contributed by atoms with Gasteiger partial charge >= 0.3 is 0 Å². The third-order valence-corrected chi connectivity index (χ3v) is 5.68. The Morgan fingerprint density at radius 1 is 1.14 bits per heavy atom. The zero-order chi connectivity index (χ0) is 19.5. The van der Waals surface area contributed by atoms with Gasteiger partial charge in [-0.3, -0.25) is 9.69 Å². The van der Waals surface area contributed by atoms with Crippen LogP contribution in [-0.2, 0) is 16.0 Å². The van der Waals surface area contributed by atoms with Gasteiger partial charge < -0.3 is 14.5 Å². The molecule has 1 aliphatic rings. The highest BCUT2D eigenvalue weighted by Gasteiger charge is 2.24. The fourth-order valence-electron chi connectivity index (χ4n) is 4.15. The van der Waals surface area contributed by atoms with Crippen molar-refractivity contribution < 1.29 is 13.9 Å². The number of hydrogen-bond donors (Lipinski definition) is 1. The first-order valence-corrected chi connectivity index (χ1v) is 10.1. The summed E-state index contributed by atoms with van der Waals surface area (Å²) in [4.78, 5) is 15.1. The Morgan fingerprint density at radius 3 is 2.71 bits per heavy atom. The number of ether oxygens (including phenoxy) is 1. The van der Waals surface area contributed by atoms with E-state index in [9.17, 15) is 4.79 Å². The number of nitrogens with one attached hydrogen (secondary N) is 1. The zero-order valence-electron chi connectivity index (χ0n) is 16.6. The van der Waals surface area contributed by atoms with Crippen molar-refractivity contribution in [2.45, 2.75) is 26.3 Å². The molecule has 3 aromatic rings. The second-order valence-electron chi connectivity index (χ2n) is 7.86. The number of amides is 1. The topological polar surface area (TPSA) is 54.7 Å². The monoisotopic (exact) mass is 380 g/mol. The number of benzene rings is 2. The predicted molar refractivity (Wildman–Crippen MR) is 111 cm³/mol. The highest BCUT2D eigenvalue weighted by Crippen LogP contribution is 2.30. The molecule has 1 N–H and O–H groups in total. The summed E-state index contributed by atoms with van der Waals surface area (Å²) in [7, 11) is 0. The predicted octanol–water partition coefficient (Wildman–Crippen LogP) is 3.60. The molecule has 1 amide bonds. The van der Waals surface area contributed by atoms with Gasteiger partial charge in [-0.15, -0.1) is 0 Å². The van der Waals surface area contributed by atoms with Gasteiger partial charge in [-0.05, 0) is 22.8 Å². The number of furan rings is 1. The summed E-state index contributed by atoms with van der Waals surface area (Å²) >= 11 is 0. The average Bonchev–Trinajstić information content (AvgIpc) is 3.12. The first-order valence-electron chi connectivity index (χ1n) is 10.1. The molecule has 4 rings (SSSR count). The van der Waals surface area contributed by atoms with Crippen LogP contribution in [-0.4, -0.2) is 49.7 Å². The molecule has 1 aliphatic heterocycles. The summed E-state index contributed by atoms with van der Waals surface area (Å²) in [5.41, 5.74) is 1.77. The van der Waals surface area contributed by atoms with Crippen LogP contribution < -0.4 is 5.32 Å². The van der Waals surface area contributed by atoms with Crippen LogP contribution in [0.1, 0.15) is 19.4 Å². The Labute approximate surface area is 165 Å². The third kappa shape index (κ3) is 3.91. The number of hydrogen-bond acceptors (Lipinski definition) is 4. The maximum Gasteiger partial charge on any atom is 0.224 e. The number of carbonyl (C=O) groups is 1. The Hall–Kier alpha value is -2.37. The number of morpholine rings is 1.